The highest BCUT2D eigenvalue weighted by Crippen LogP contribution is 2.28. The van der Waals surface area contributed by atoms with Crippen molar-refractivity contribution in [3.05, 3.63) is 53.2 Å². The monoisotopic (exact) mass is 385 g/mol. The third-order valence-corrected chi connectivity index (χ3v) is 3.83. The van der Waals surface area contributed by atoms with Crippen molar-refractivity contribution < 1.29 is 19.0 Å². The molecule has 0 amide bonds. The van der Waals surface area contributed by atoms with Gasteiger partial charge in [-0.05, 0) is 57.0 Å². The Balaban J connectivity index is 1.85. The molecule has 0 spiro atoms. The second-order valence-electron chi connectivity index (χ2n) is 6.08. The quantitative estimate of drug-likeness (QED) is 0.267. The van der Waals surface area contributed by atoms with Crippen molar-refractivity contribution in [2.24, 2.45) is 5.16 Å². The van der Waals surface area contributed by atoms with Crippen molar-refractivity contribution in [3.8, 4) is 17.4 Å². The summed E-state index contributed by atoms with van der Waals surface area (Å²) in [6, 6.07) is 7.47. The van der Waals surface area contributed by atoms with Gasteiger partial charge in [-0.15, -0.1) is 10.2 Å². The molecule has 2 aromatic rings. The molecular formula is C21H27N3O4. The molecule has 7 heteroatoms. The molecule has 28 heavy (non-hydrogen) atoms. The number of allylic oxidation sites excluding steroid dienone is 1. The summed E-state index contributed by atoms with van der Waals surface area (Å²) >= 11 is 0. The Bertz CT molecular complexity index is 794. The van der Waals surface area contributed by atoms with Crippen LogP contribution in [0.4, 0.5) is 0 Å². The highest BCUT2D eigenvalue weighted by Gasteiger charge is 2.08. The van der Waals surface area contributed by atoms with Crippen LogP contribution in [0.3, 0.4) is 0 Å². The van der Waals surface area contributed by atoms with Crippen molar-refractivity contribution in [2.45, 2.75) is 27.7 Å². The standard InChI is InChI=1S/C21H27N3O4/c1-6-7-10-26-18-13-15(2)21(16(3)14-18)28-12-11-27-20-9-8-19(22-23-20)17(4)24-25-5/h6-9,13-14H,10-12H2,1-5H3/b7-6+,24-17?. The van der Waals surface area contributed by atoms with Crippen LogP contribution in [-0.2, 0) is 4.84 Å². The summed E-state index contributed by atoms with van der Waals surface area (Å²) in [6.07, 6.45) is 3.93. The van der Waals surface area contributed by atoms with E-state index in [1.165, 1.54) is 7.11 Å². The lowest BCUT2D eigenvalue weighted by atomic mass is 10.1. The van der Waals surface area contributed by atoms with Crippen molar-refractivity contribution in [3.63, 3.8) is 0 Å². The van der Waals surface area contributed by atoms with E-state index >= 15 is 0 Å². The van der Waals surface area contributed by atoms with E-state index < -0.39 is 0 Å². The van der Waals surface area contributed by atoms with Crippen molar-refractivity contribution in [2.75, 3.05) is 26.9 Å². The molecular weight excluding hydrogens is 358 g/mol. The number of rotatable bonds is 10. The van der Waals surface area contributed by atoms with Gasteiger partial charge in [0.25, 0.3) is 0 Å². The number of aromatic nitrogens is 2. The molecule has 7 nitrogen and oxygen atoms in total. The van der Waals surface area contributed by atoms with Gasteiger partial charge in [0.15, 0.2) is 0 Å². The molecule has 2 rings (SSSR count). The molecule has 0 saturated heterocycles. The summed E-state index contributed by atoms with van der Waals surface area (Å²) in [5.74, 6) is 2.10. The van der Waals surface area contributed by atoms with Gasteiger partial charge in [0.2, 0.25) is 5.88 Å². The molecule has 0 atom stereocenters. The third-order valence-electron chi connectivity index (χ3n) is 3.83. The Morgan fingerprint density at radius 3 is 2.36 bits per heavy atom. The van der Waals surface area contributed by atoms with Crippen LogP contribution in [0.1, 0.15) is 30.7 Å². The molecule has 0 aliphatic rings. The van der Waals surface area contributed by atoms with Gasteiger partial charge in [0.1, 0.15) is 49.8 Å². The van der Waals surface area contributed by atoms with Gasteiger partial charge in [0.05, 0.1) is 0 Å². The number of hydrogen-bond donors (Lipinski definition) is 0. The van der Waals surface area contributed by atoms with Crippen molar-refractivity contribution in [1.29, 1.82) is 0 Å². The van der Waals surface area contributed by atoms with Gasteiger partial charge >= 0.3 is 0 Å². The minimum absolute atomic E-state index is 0.359. The highest BCUT2D eigenvalue weighted by molar-refractivity contribution is 5.96. The lowest BCUT2D eigenvalue weighted by molar-refractivity contribution is 0.208. The number of benzene rings is 1. The number of hydrogen-bond acceptors (Lipinski definition) is 7. The zero-order chi connectivity index (χ0) is 20.4. The molecule has 0 bridgehead atoms. The van der Waals surface area contributed by atoms with Gasteiger partial charge in [-0.1, -0.05) is 17.3 Å². The fraction of sp³-hybridized carbons (Fsp3) is 0.381. The number of ether oxygens (including phenoxy) is 3. The van der Waals surface area contributed by atoms with E-state index in [0.29, 0.717) is 37.1 Å². The summed E-state index contributed by atoms with van der Waals surface area (Å²) in [6.45, 7) is 9.07. The number of nitrogens with zero attached hydrogens (tertiary/aromatic N) is 3. The molecule has 1 aromatic carbocycles. The van der Waals surface area contributed by atoms with E-state index in [1.807, 2.05) is 45.1 Å². The summed E-state index contributed by atoms with van der Waals surface area (Å²) in [4.78, 5) is 4.72. The third kappa shape index (κ3) is 6.26. The minimum atomic E-state index is 0.359. The van der Waals surface area contributed by atoms with Crippen LogP contribution in [0.25, 0.3) is 0 Å². The first kappa shape index (κ1) is 21.2. The summed E-state index contributed by atoms with van der Waals surface area (Å²) in [5.41, 5.74) is 3.32. The van der Waals surface area contributed by atoms with Crippen LogP contribution in [0, 0.1) is 13.8 Å². The lowest BCUT2D eigenvalue weighted by Gasteiger charge is -2.14. The topological polar surface area (TPSA) is 75.1 Å². The van der Waals surface area contributed by atoms with Crippen molar-refractivity contribution in [1.82, 2.24) is 10.2 Å². The van der Waals surface area contributed by atoms with Crippen molar-refractivity contribution >= 4 is 5.71 Å². The fourth-order valence-corrected chi connectivity index (χ4v) is 2.53. The van der Waals surface area contributed by atoms with E-state index in [1.54, 1.807) is 19.1 Å². The second-order valence-corrected chi connectivity index (χ2v) is 6.08. The Hall–Kier alpha value is -3.09. The first-order chi connectivity index (χ1) is 13.5. The van der Waals surface area contributed by atoms with E-state index in [2.05, 4.69) is 15.4 Å². The molecule has 0 aliphatic carbocycles. The zero-order valence-corrected chi connectivity index (χ0v) is 17.1. The maximum absolute atomic E-state index is 5.89. The average molecular weight is 385 g/mol. The molecule has 0 N–H and O–H groups in total. The van der Waals surface area contributed by atoms with E-state index in [0.717, 1.165) is 22.6 Å². The van der Waals surface area contributed by atoms with Crippen LogP contribution in [0.15, 0.2) is 41.6 Å². The summed E-state index contributed by atoms with van der Waals surface area (Å²) < 4.78 is 17.2. The largest absolute Gasteiger partial charge is 0.490 e. The predicted octanol–water partition coefficient (Wildman–Crippen LogP) is 3.88. The Morgan fingerprint density at radius 2 is 1.75 bits per heavy atom. The fourth-order valence-electron chi connectivity index (χ4n) is 2.53. The highest BCUT2D eigenvalue weighted by atomic mass is 16.6. The van der Waals surface area contributed by atoms with Crippen LogP contribution in [0.2, 0.25) is 0 Å². The first-order valence-corrected chi connectivity index (χ1v) is 9.07. The van der Waals surface area contributed by atoms with Gasteiger partial charge in [-0.2, -0.15) is 0 Å². The van der Waals surface area contributed by atoms with Gasteiger partial charge in [0, 0.05) is 6.07 Å². The van der Waals surface area contributed by atoms with E-state index in [-0.39, 0.29) is 0 Å². The van der Waals surface area contributed by atoms with E-state index in [9.17, 15) is 0 Å². The van der Waals surface area contributed by atoms with Crippen LogP contribution >= 0.6 is 0 Å². The summed E-state index contributed by atoms with van der Waals surface area (Å²) in [7, 11) is 1.49. The van der Waals surface area contributed by atoms with Gasteiger partial charge in [-0.25, -0.2) is 0 Å². The summed E-state index contributed by atoms with van der Waals surface area (Å²) in [5, 5.41) is 11.9. The maximum atomic E-state index is 5.89. The predicted molar refractivity (Wildman–Crippen MR) is 108 cm³/mol. The zero-order valence-electron chi connectivity index (χ0n) is 17.1. The molecule has 1 heterocycles. The molecule has 0 saturated carbocycles. The smallest absolute Gasteiger partial charge is 0.233 e. The van der Waals surface area contributed by atoms with Gasteiger partial charge < -0.3 is 19.0 Å². The molecule has 0 unspecified atom stereocenters. The maximum Gasteiger partial charge on any atom is 0.233 e. The molecule has 0 radical (unpaired) electrons. The number of aryl methyl sites for hydroxylation is 2. The molecule has 0 aliphatic heterocycles. The van der Waals surface area contributed by atoms with E-state index in [4.69, 9.17) is 19.0 Å². The second kappa shape index (κ2) is 10.9. The van der Waals surface area contributed by atoms with Crippen LogP contribution in [-0.4, -0.2) is 42.8 Å². The average Bonchev–Trinajstić information content (AvgIpc) is 2.67. The number of oxime groups is 1. The van der Waals surface area contributed by atoms with Gasteiger partial charge in [-0.3, -0.25) is 0 Å². The van der Waals surface area contributed by atoms with Crippen LogP contribution < -0.4 is 14.2 Å². The first-order valence-electron chi connectivity index (χ1n) is 9.07. The molecule has 1 aromatic heterocycles. The minimum Gasteiger partial charge on any atom is -0.490 e. The van der Waals surface area contributed by atoms with Crippen LogP contribution in [0.5, 0.6) is 17.4 Å². The lowest BCUT2D eigenvalue weighted by Crippen LogP contribution is -2.12. The molecule has 150 valence electrons. The Kier molecular flexibility index (Phi) is 8.27. The Labute approximate surface area is 166 Å². The normalized spacial score (nSPS) is 11.5. The molecule has 0 fully saturated rings. The Morgan fingerprint density at radius 1 is 1.04 bits per heavy atom. The SMILES string of the molecule is C/C=C/COc1cc(C)c(OCCOc2ccc(C(C)=NOC)nn2)c(C)c1.